The molecule has 0 N–H and O–H groups in total. The van der Waals surface area contributed by atoms with Gasteiger partial charge in [-0.05, 0) is 20.3 Å². The summed E-state index contributed by atoms with van der Waals surface area (Å²) in [6.45, 7) is 8.07. The van der Waals surface area contributed by atoms with Gasteiger partial charge in [-0.15, -0.1) is 0 Å². The Morgan fingerprint density at radius 3 is 2.09 bits per heavy atom. The summed E-state index contributed by atoms with van der Waals surface area (Å²) in [5.41, 5.74) is 0. The lowest BCUT2D eigenvalue weighted by molar-refractivity contribution is -0.135. The maximum atomic E-state index is 11.4. The summed E-state index contributed by atoms with van der Waals surface area (Å²) in [7, 11) is 1.86. The van der Waals surface area contributed by atoms with Gasteiger partial charge in [0.15, 0.2) is 0 Å². The Morgan fingerprint density at radius 1 is 1.36 bits per heavy atom. The zero-order chi connectivity index (χ0) is 9.02. The number of carbonyl (C=O) groups excluding carboxylic acids is 1. The number of nitrogens with zero attached hydrogens (tertiary/aromatic N) is 1. The van der Waals surface area contributed by atoms with Crippen LogP contribution in [0.5, 0.6) is 0 Å². The lowest BCUT2D eigenvalue weighted by Gasteiger charge is -2.24. The van der Waals surface area contributed by atoms with Crippen molar-refractivity contribution in [1.29, 1.82) is 0 Å². The smallest absolute Gasteiger partial charge is 0.225 e. The van der Waals surface area contributed by atoms with Gasteiger partial charge in [0, 0.05) is 19.0 Å². The molecule has 0 saturated carbocycles. The fourth-order valence-corrected chi connectivity index (χ4v) is 0.777. The molecule has 0 aliphatic rings. The van der Waals surface area contributed by atoms with E-state index in [9.17, 15) is 4.79 Å². The van der Waals surface area contributed by atoms with E-state index in [1.807, 2.05) is 34.7 Å². The maximum absolute atomic E-state index is 11.4. The molecule has 0 aromatic heterocycles. The molecule has 0 rings (SSSR count). The van der Waals surface area contributed by atoms with E-state index in [1.165, 1.54) is 0 Å². The zero-order valence-electron chi connectivity index (χ0n) is 8.22. The number of hydrogen-bond donors (Lipinski definition) is 0. The first-order valence-electron chi connectivity index (χ1n) is 4.27. The van der Waals surface area contributed by atoms with Crippen molar-refractivity contribution in [1.82, 2.24) is 4.90 Å². The molecule has 11 heavy (non-hydrogen) atoms. The zero-order valence-corrected chi connectivity index (χ0v) is 8.22. The van der Waals surface area contributed by atoms with Gasteiger partial charge in [0.1, 0.15) is 0 Å². The van der Waals surface area contributed by atoms with Gasteiger partial charge in [-0.3, -0.25) is 4.79 Å². The van der Waals surface area contributed by atoms with Crippen molar-refractivity contribution in [3.8, 4) is 0 Å². The van der Waals surface area contributed by atoms with Crippen LogP contribution in [0.3, 0.4) is 0 Å². The second-order valence-corrected chi connectivity index (χ2v) is 3.35. The quantitative estimate of drug-likeness (QED) is 0.612. The van der Waals surface area contributed by atoms with Crippen molar-refractivity contribution < 1.29 is 4.79 Å². The minimum atomic E-state index is 0.169. The van der Waals surface area contributed by atoms with E-state index < -0.39 is 0 Å². The Balaban J connectivity index is 4.02. The number of rotatable bonds is 3. The fourth-order valence-electron chi connectivity index (χ4n) is 0.777. The van der Waals surface area contributed by atoms with Crippen molar-refractivity contribution in [3.05, 3.63) is 0 Å². The van der Waals surface area contributed by atoms with Crippen LogP contribution in [0, 0.1) is 5.92 Å². The van der Waals surface area contributed by atoms with Gasteiger partial charge in [-0.2, -0.15) is 0 Å². The van der Waals surface area contributed by atoms with Crippen LogP contribution in [-0.2, 0) is 4.79 Å². The van der Waals surface area contributed by atoms with Crippen LogP contribution in [-0.4, -0.2) is 23.9 Å². The van der Waals surface area contributed by atoms with E-state index in [4.69, 9.17) is 0 Å². The number of carbonyl (C=O) groups is 1. The Labute approximate surface area is 69.6 Å². The highest BCUT2D eigenvalue weighted by molar-refractivity contribution is 5.78. The average Bonchev–Trinajstić information content (AvgIpc) is 2.00. The molecule has 0 spiro atoms. The average molecular weight is 157 g/mol. The van der Waals surface area contributed by atoms with Gasteiger partial charge in [-0.1, -0.05) is 13.8 Å². The predicted octanol–water partition coefficient (Wildman–Crippen LogP) is 1.90. The molecule has 0 bridgehead atoms. The van der Waals surface area contributed by atoms with E-state index in [0.717, 1.165) is 6.42 Å². The summed E-state index contributed by atoms with van der Waals surface area (Å²) in [4.78, 5) is 13.2. The standard InChI is InChI=1S/C9H19NO/c1-6-8(4)9(11)10(5)7(2)3/h7-8H,6H2,1-5H3. The molecule has 1 amide bonds. The molecule has 0 aliphatic heterocycles. The van der Waals surface area contributed by atoms with Crippen LogP contribution in [0.1, 0.15) is 34.1 Å². The first-order chi connectivity index (χ1) is 5.00. The Hall–Kier alpha value is -0.530. The summed E-state index contributed by atoms with van der Waals surface area (Å²) in [6.07, 6.45) is 0.926. The highest BCUT2D eigenvalue weighted by Crippen LogP contribution is 2.07. The Kier molecular flexibility index (Phi) is 4.16. The minimum absolute atomic E-state index is 0.169. The monoisotopic (exact) mass is 157 g/mol. The minimum Gasteiger partial charge on any atom is -0.343 e. The summed E-state index contributed by atoms with van der Waals surface area (Å²) in [5, 5.41) is 0. The molecule has 2 nitrogen and oxygen atoms in total. The molecule has 1 atom stereocenters. The van der Waals surface area contributed by atoms with Gasteiger partial charge < -0.3 is 4.90 Å². The first kappa shape index (κ1) is 10.5. The van der Waals surface area contributed by atoms with Crippen LogP contribution in [0.4, 0.5) is 0 Å². The third-order valence-corrected chi connectivity index (χ3v) is 2.16. The maximum Gasteiger partial charge on any atom is 0.225 e. The van der Waals surface area contributed by atoms with E-state index in [2.05, 4.69) is 0 Å². The van der Waals surface area contributed by atoms with E-state index in [0.29, 0.717) is 6.04 Å². The lowest BCUT2D eigenvalue weighted by Crippen LogP contribution is -2.36. The topological polar surface area (TPSA) is 20.3 Å². The summed E-state index contributed by atoms with van der Waals surface area (Å²) < 4.78 is 0. The largest absolute Gasteiger partial charge is 0.343 e. The molecular weight excluding hydrogens is 138 g/mol. The Bertz CT molecular complexity index is 132. The van der Waals surface area contributed by atoms with Crippen molar-refractivity contribution in [2.24, 2.45) is 5.92 Å². The molecule has 66 valence electrons. The number of hydrogen-bond acceptors (Lipinski definition) is 1. The molecule has 0 aromatic carbocycles. The summed E-state index contributed by atoms with van der Waals surface area (Å²) in [5.74, 6) is 0.421. The Morgan fingerprint density at radius 2 is 1.82 bits per heavy atom. The molecule has 1 unspecified atom stereocenters. The van der Waals surface area contributed by atoms with Crippen molar-refractivity contribution in [3.63, 3.8) is 0 Å². The third kappa shape index (κ3) is 2.91. The second-order valence-electron chi connectivity index (χ2n) is 3.35. The lowest BCUT2D eigenvalue weighted by atomic mass is 10.1. The van der Waals surface area contributed by atoms with Gasteiger partial charge in [-0.25, -0.2) is 0 Å². The highest BCUT2D eigenvalue weighted by atomic mass is 16.2. The molecule has 0 saturated heterocycles. The summed E-state index contributed by atoms with van der Waals surface area (Å²) >= 11 is 0. The molecule has 0 fully saturated rings. The fraction of sp³-hybridized carbons (Fsp3) is 0.889. The first-order valence-corrected chi connectivity index (χ1v) is 4.27. The molecule has 0 aromatic rings. The van der Waals surface area contributed by atoms with Crippen LogP contribution < -0.4 is 0 Å². The van der Waals surface area contributed by atoms with Crippen molar-refractivity contribution in [2.45, 2.75) is 40.2 Å². The van der Waals surface area contributed by atoms with Crippen LogP contribution in [0.15, 0.2) is 0 Å². The van der Waals surface area contributed by atoms with E-state index in [1.54, 1.807) is 4.90 Å². The molecule has 0 aliphatic carbocycles. The van der Waals surface area contributed by atoms with E-state index >= 15 is 0 Å². The number of amides is 1. The van der Waals surface area contributed by atoms with Crippen LogP contribution >= 0.6 is 0 Å². The summed E-state index contributed by atoms with van der Waals surface area (Å²) in [6, 6.07) is 0.316. The highest BCUT2D eigenvalue weighted by Gasteiger charge is 2.16. The predicted molar refractivity (Wildman–Crippen MR) is 47.4 cm³/mol. The molecular formula is C9H19NO. The van der Waals surface area contributed by atoms with E-state index in [-0.39, 0.29) is 11.8 Å². The van der Waals surface area contributed by atoms with Crippen molar-refractivity contribution >= 4 is 5.91 Å². The van der Waals surface area contributed by atoms with Crippen LogP contribution in [0.2, 0.25) is 0 Å². The van der Waals surface area contributed by atoms with Crippen molar-refractivity contribution in [2.75, 3.05) is 7.05 Å². The molecule has 0 heterocycles. The molecule has 2 heteroatoms. The molecule has 0 radical (unpaired) electrons. The normalized spacial score (nSPS) is 13.3. The van der Waals surface area contributed by atoms with Crippen LogP contribution in [0.25, 0.3) is 0 Å². The van der Waals surface area contributed by atoms with Gasteiger partial charge in [0.25, 0.3) is 0 Å². The van der Waals surface area contributed by atoms with Gasteiger partial charge in [0.2, 0.25) is 5.91 Å². The van der Waals surface area contributed by atoms with Gasteiger partial charge in [0.05, 0.1) is 0 Å². The third-order valence-electron chi connectivity index (χ3n) is 2.16. The SMILES string of the molecule is CCC(C)C(=O)N(C)C(C)C. The second kappa shape index (κ2) is 4.37. The van der Waals surface area contributed by atoms with Gasteiger partial charge >= 0.3 is 0 Å².